The molecule has 2 heterocycles. The van der Waals surface area contributed by atoms with Crippen LogP contribution in [0.2, 0.25) is 0 Å². The molecule has 3 rings (SSSR count). The summed E-state index contributed by atoms with van der Waals surface area (Å²) < 4.78 is 35.6. The van der Waals surface area contributed by atoms with Crippen molar-refractivity contribution in [2.24, 2.45) is 5.41 Å². The molecule has 0 spiro atoms. The van der Waals surface area contributed by atoms with E-state index in [0.29, 0.717) is 26.2 Å². The second kappa shape index (κ2) is 6.75. The molecule has 2 aliphatic heterocycles. The lowest BCUT2D eigenvalue weighted by Gasteiger charge is -2.43. The van der Waals surface area contributed by atoms with Crippen molar-refractivity contribution in [1.29, 1.82) is 0 Å². The predicted molar refractivity (Wildman–Crippen MR) is 94.8 cm³/mol. The third-order valence-corrected chi connectivity index (χ3v) is 6.89. The van der Waals surface area contributed by atoms with Gasteiger partial charge < -0.3 is 4.74 Å². The summed E-state index contributed by atoms with van der Waals surface area (Å²) in [6, 6.07) is 9.93. The Morgan fingerprint density at radius 1 is 1.00 bits per heavy atom. The Morgan fingerprint density at radius 3 is 2.21 bits per heavy atom. The van der Waals surface area contributed by atoms with Crippen LogP contribution in [0.1, 0.15) is 45.3 Å². The van der Waals surface area contributed by atoms with Gasteiger partial charge in [0.05, 0.1) is 12.2 Å². The van der Waals surface area contributed by atoms with Gasteiger partial charge in [-0.25, -0.2) is 0 Å². The average molecular weight is 352 g/mol. The first-order chi connectivity index (χ1) is 11.3. The van der Waals surface area contributed by atoms with E-state index < -0.39 is 10.2 Å². The van der Waals surface area contributed by atoms with E-state index in [1.165, 1.54) is 0 Å². The van der Waals surface area contributed by atoms with Gasteiger partial charge in [0.1, 0.15) is 0 Å². The second-order valence-electron chi connectivity index (χ2n) is 7.82. The first-order valence-corrected chi connectivity index (χ1v) is 10.1. The Morgan fingerprint density at radius 2 is 1.62 bits per heavy atom. The summed E-state index contributed by atoms with van der Waals surface area (Å²) in [5, 5.41) is 0. The van der Waals surface area contributed by atoms with Crippen molar-refractivity contribution in [1.82, 2.24) is 8.61 Å². The molecule has 0 aliphatic carbocycles. The quantitative estimate of drug-likeness (QED) is 0.840. The zero-order chi connectivity index (χ0) is 17.4. The lowest BCUT2D eigenvalue weighted by molar-refractivity contribution is -0.111. The average Bonchev–Trinajstić information content (AvgIpc) is 3.10. The predicted octanol–water partition coefficient (Wildman–Crippen LogP) is 2.82. The SMILES string of the molecule is CC(C)(C)[C@H]1CN(S(=O)(=O)N2CCCC2)C[C@@H](c2ccccc2)O1. The fourth-order valence-electron chi connectivity index (χ4n) is 3.33. The highest BCUT2D eigenvalue weighted by Gasteiger charge is 2.42. The molecule has 0 amide bonds. The summed E-state index contributed by atoms with van der Waals surface area (Å²) in [7, 11) is -3.41. The highest BCUT2D eigenvalue weighted by atomic mass is 32.2. The molecular weight excluding hydrogens is 324 g/mol. The summed E-state index contributed by atoms with van der Waals surface area (Å²) in [6.45, 7) is 8.38. The molecule has 2 fully saturated rings. The fourth-order valence-corrected chi connectivity index (χ4v) is 5.02. The van der Waals surface area contributed by atoms with E-state index in [-0.39, 0.29) is 17.6 Å². The van der Waals surface area contributed by atoms with E-state index in [9.17, 15) is 8.42 Å². The van der Waals surface area contributed by atoms with E-state index in [0.717, 1.165) is 18.4 Å². The van der Waals surface area contributed by atoms with Gasteiger partial charge in [-0.05, 0) is 23.8 Å². The van der Waals surface area contributed by atoms with Gasteiger partial charge in [0.15, 0.2) is 0 Å². The third-order valence-electron chi connectivity index (χ3n) is 4.92. The molecule has 6 heteroatoms. The summed E-state index contributed by atoms with van der Waals surface area (Å²) in [6.07, 6.45) is 1.55. The number of benzene rings is 1. The standard InChI is InChI=1S/C18H28N2O3S/c1-18(2,3)17-14-20(24(21,22)19-11-7-8-12-19)13-16(23-17)15-9-5-4-6-10-15/h4-6,9-10,16-17H,7-8,11-14H2,1-3H3/t16-,17+/m0/s1. The monoisotopic (exact) mass is 352 g/mol. The van der Waals surface area contributed by atoms with Crippen LogP contribution in [-0.4, -0.2) is 49.3 Å². The molecule has 2 aliphatic rings. The number of hydrogen-bond acceptors (Lipinski definition) is 3. The molecule has 134 valence electrons. The van der Waals surface area contributed by atoms with E-state index in [1.807, 2.05) is 30.3 Å². The largest absolute Gasteiger partial charge is 0.367 e. The molecule has 0 saturated carbocycles. The Balaban J connectivity index is 1.88. The van der Waals surface area contributed by atoms with E-state index in [2.05, 4.69) is 20.8 Å². The normalized spacial score (nSPS) is 27.5. The molecule has 24 heavy (non-hydrogen) atoms. The first kappa shape index (κ1) is 17.9. The number of morpholine rings is 1. The molecule has 2 saturated heterocycles. The summed E-state index contributed by atoms with van der Waals surface area (Å²) in [5.74, 6) is 0. The lowest BCUT2D eigenvalue weighted by atomic mass is 9.87. The minimum Gasteiger partial charge on any atom is -0.367 e. The fraction of sp³-hybridized carbons (Fsp3) is 0.667. The number of hydrogen-bond donors (Lipinski definition) is 0. The summed E-state index contributed by atoms with van der Waals surface area (Å²) in [5.41, 5.74) is 0.916. The molecule has 2 atom stereocenters. The maximum atomic E-state index is 13.0. The molecule has 0 N–H and O–H groups in total. The van der Waals surface area contributed by atoms with Crippen molar-refractivity contribution >= 4 is 10.2 Å². The van der Waals surface area contributed by atoms with Gasteiger partial charge >= 0.3 is 0 Å². The zero-order valence-electron chi connectivity index (χ0n) is 14.8. The molecule has 5 nitrogen and oxygen atoms in total. The molecule has 1 aromatic rings. The van der Waals surface area contributed by atoms with Gasteiger partial charge in [-0.3, -0.25) is 0 Å². The van der Waals surface area contributed by atoms with Crippen molar-refractivity contribution in [3.8, 4) is 0 Å². The van der Waals surface area contributed by atoms with Crippen LogP contribution < -0.4 is 0 Å². The highest BCUT2D eigenvalue weighted by molar-refractivity contribution is 7.86. The minimum absolute atomic E-state index is 0.119. The molecule has 0 radical (unpaired) electrons. The molecular formula is C18H28N2O3S. The lowest BCUT2D eigenvalue weighted by Crippen LogP contribution is -2.54. The van der Waals surface area contributed by atoms with Crippen LogP contribution in [0.4, 0.5) is 0 Å². The van der Waals surface area contributed by atoms with Crippen molar-refractivity contribution < 1.29 is 13.2 Å². The maximum Gasteiger partial charge on any atom is 0.282 e. The van der Waals surface area contributed by atoms with Gasteiger partial charge in [-0.15, -0.1) is 0 Å². The molecule has 1 aromatic carbocycles. The van der Waals surface area contributed by atoms with E-state index >= 15 is 0 Å². The number of nitrogens with zero attached hydrogens (tertiary/aromatic N) is 2. The van der Waals surface area contributed by atoms with Gasteiger partial charge in [0.25, 0.3) is 10.2 Å². The first-order valence-electron chi connectivity index (χ1n) is 8.74. The van der Waals surface area contributed by atoms with E-state index in [4.69, 9.17) is 4.74 Å². The topological polar surface area (TPSA) is 49.9 Å². The zero-order valence-corrected chi connectivity index (χ0v) is 15.6. The number of rotatable bonds is 3. The van der Waals surface area contributed by atoms with Crippen LogP contribution in [0.3, 0.4) is 0 Å². The van der Waals surface area contributed by atoms with Crippen molar-refractivity contribution in [2.45, 2.75) is 45.8 Å². The van der Waals surface area contributed by atoms with E-state index in [1.54, 1.807) is 8.61 Å². The van der Waals surface area contributed by atoms with Crippen LogP contribution in [0.25, 0.3) is 0 Å². The van der Waals surface area contributed by atoms with Gasteiger partial charge in [0, 0.05) is 26.2 Å². The Kier molecular flexibility index (Phi) is 5.02. The third kappa shape index (κ3) is 3.67. The van der Waals surface area contributed by atoms with Crippen LogP contribution >= 0.6 is 0 Å². The molecule has 0 aromatic heterocycles. The summed E-state index contributed by atoms with van der Waals surface area (Å²) in [4.78, 5) is 0. The molecule has 0 unspecified atom stereocenters. The number of ether oxygens (including phenoxy) is 1. The maximum absolute atomic E-state index is 13.0. The van der Waals surface area contributed by atoms with Crippen molar-refractivity contribution in [3.63, 3.8) is 0 Å². The second-order valence-corrected chi connectivity index (χ2v) is 9.75. The summed E-state index contributed by atoms with van der Waals surface area (Å²) >= 11 is 0. The smallest absolute Gasteiger partial charge is 0.282 e. The van der Waals surface area contributed by atoms with Crippen LogP contribution in [0, 0.1) is 5.41 Å². The minimum atomic E-state index is -3.41. The van der Waals surface area contributed by atoms with Crippen molar-refractivity contribution in [3.05, 3.63) is 35.9 Å². The van der Waals surface area contributed by atoms with Gasteiger partial charge in [-0.1, -0.05) is 51.1 Å². The van der Waals surface area contributed by atoms with Crippen LogP contribution in [0.5, 0.6) is 0 Å². The Bertz CT molecular complexity index is 649. The molecule has 0 bridgehead atoms. The van der Waals surface area contributed by atoms with Crippen molar-refractivity contribution in [2.75, 3.05) is 26.2 Å². The van der Waals surface area contributed by atoms with Gasteiger partial charge in [-0.2, -0.15) is 17.0 Å². The Hall–Kier alpha value is -0.950. The Labute approximate surface area is 145 Å². The van der Waals surface area contributed by atoms with Crippen LogP contribution in [-0.2, 0) is 14.9 Å². The highest BCUT2D eigenvalue weighted by Crippen LogP contribution is 2.35. The van der Waals surface area contributed by atoms with Gasteiger partial charge in [0.2, 0.25) is 0 Å². The van der Waals surface area contributed by atoms with Crippen LogP contribution in [0.15, 0.2) is 30.3 Å².